The van der Waals surface area contributed by atoms with Crippen LogP contribution < -0.4 is 10.6 Å². The van der Waals surface area contributed by atoms with Crippen LogP contribution in [0.5, 0.6) is 0 Å². The maximum Gasteiger partial charge on any atom is 0.172 e. The number of halogens is 1. The molecule has 1 unspecified atom stereocenters. The van der Waals surface area contributed by atoms with E-state index in [9.17, 15) is 8.42 Å². The first kappa shape index (κ1) is 16.4. The van der Waals surface area contributed by atoms with Gasteiger partial charge in [-0.05, 0) is 18.2 Å². The molecule has 3 N–H and O–H groups in total. The quantitative estimate of drug-likeness (QED) is 0.349. The monoisotopic (exact) mass is 393 g/mol. The highest BCUT2D eigenvalue weighted by molar-refractivity contribution is 9.10. The van der Waals surface area contributed by atoms with Gasteiger partial charge in [0.1, 0.15) is 5.37 Å². The number of thioether (sulfide) groups is 1. The molecule has 0 spiro atoms. The maximum absolute atomic E-state index is 12.0. The number of nitrogens with zero attached hydrogens (tertiary/aromatic N) is 2. The van der Waals surface area contributed by atoms with Crippen LogP contribution in [0.2, 0.25) is 0 Å². The van der Waals surface area contributed by atoms with Gasteiger partial charge in [-0.2, -0.15) is 11.8 Å². The Morgan fingerprint density at radius 3 is 2.90 bits per heavy atom. The van der Waals surface area contributed by atoms with Crippen LogP contribution in [0.4, 0.5) is 5.69 Å². The predicted molar refractivity (Wildman–Crippen MR) is 90.0 cm³/mol. The highest BCUT2D eigenvalue weighted by Crippen LogP contribution is 2.31. The number of sulfone groups is 1. The van der Waals surface area contributed by atoms with Gasteiger partial charge < -0.3 is 15.8 Å². The lowest BCUT2D eigenvalue weighted by Gasteiger charge is -2.36. The molecule has 0 saturated carbocycles. The van der Waals surface area contributed by atoms with Gasteiger partial charge in [0.25, 0.3) is 0 Å². The highest BCUT2D eigenvalue weighted by atomic mass is 79.9. The fourth-order valence-electron chi connectivity index (χ4n) is 2.23. The summed E-state index contributed by atoms with van der Waals surface area (Å²) in [4.78, 5) is 1.81. The zero-order chi connectivity index (χ0) is 15.6. The topological polar surface area (TPSA) is 96.0 Å². The van der Waals surface area contributed by atoms with Crippen molar-refractivity contribution < 1.29 is 13.6 Å². The van der Waals surface area contributed by atoms with Crippen LogP contribution in [0.1, 0.15) is 5.56 Å². The van der Waals surface area contributed by atoms with Crippen LogP contribution in [-0.4, -0.2) is 49.1 Å². The number of anilines is 1. The summed E-state index contributed by atoms with van der Waals surface area (Å²) in [6, 6.07) is 5.31. The molecule has 1 aliphatic heterocycles. The number of amidine groups is 1. The Hall–Kier alpha value is -0.930. The Morgan fingerprint density at radius 1 is 1.57 bits per heavy atom. The summed E-state index contributed by atoms with van der Waals surface area (Å²) in [5, 5.41) is 11.4. The number of hydrogen-bond donors (Lipinski definition) is 2. The predicted octanol–water partition coefficient (Wildman–Crippen LogP) is 1.47. The first-order valence-corrected chi connectivity index (χ1v) is 10.1. The molecule has 1 aromatic carbocycles. The van der Waals surface area contributed by atoms with Crippen molar-refractivity contribution in [2.45, 2.75) is 5.37 Å². The summed E-state index contributed by atoms with van der Waals surface area (Å²) in [7, 11) is -3.23. The third-order valence-electron chi connectivity index (χ3n) is 3.23. The summed E-state index contributed by atoms with van der Waals surface area (Å²) in [6.45, 7) is 0.593. The van der Waals surface area contributed by atoms with E-state index >= 15 is 0 Å². The van der Waals surface area contributed by atoms with Crippen LogP contribution in [0.15, 0.2) is 27.8 Å². The molecule has 6 nitrogen and oxygen atoms in total. The van der Waals surface area contributed by atoms with Crippen molar-refractivity contribution >= 4 is 49.1 Å². The van der Waals surface area contributed by atoms with Crippen LogP contribution >= 0.6 is 27.7 Å². The molecule has 0 radical (unpaired) electrons. The largest absolute Gasteiger partial charge is 0.409 e. The Bertz CT molecular complexity index is 664. The highest BCUT2D eigenvalue weighted by Gasteiger charge is 2.32. The molecule has 1 aliphatic rings. The van der Waals surface area contributed by atoms with Gasteiger partial charge in [0.15, 0.2) is 15.7 Å². The van der Waals surface area contributed by atoms with E-state index in [0.29, 0.717) is 23.5 Å². The Morgan fingerprint density at radius 2 is 2.29 bits per heavy atom. The van der Waals surface area contributed by atoms with E-state index < -0.39 is 15.2 Å². The lowest BCUT2D eigenvalue weighted by atomic mass is 10.1. The van der Waals surface area contributed by atoms with E-state index in [1.54, 1.807) is 23.9 Å². The SMILES string of the molecule is CS(=O)(=O)C1CSCCN1c1ccc(Br)cc1/C(N)=N/O. The fraction of sp³-hybridized carbons (Fsp3) is 0.417. The van der Waals surface area contributed by atoms with Gasteiger partial charge in [-0.3, -0.25) is 0 Å². The molecular weight excluding hydrogens is 378 g/mol. The molecule has 1 fully saturated rings. The van der Waals surface area contributed by atoms with Gasteiger partial charge in [0, 0.05) is 40.0 Å². The lowest BCUT2D eigenvalue weighted by molar-refractivity contribution is 0.318. The summed E-state index contributed by atoms with van der Waals surface area (Å²) >= 11 is 4.95. The molecule has 1 saturated heterocycles. The zero-order valence-corrected chi connectivity index (χ0v) is 14.6. The number of hydrogen-bond acceptors (Lipinski definition) is 6. The fourth-order valence-corrected chi connectivity index (χ4v) is 5.42. The number of benzene rings is 1. The average molecular weight is 394 g/mol. The molecule has 21 heavy (non-hydrogen) atoms. The van der Waals surface area contributed by atoms with Crippen LogP contribution in [0.25, 0.3) is 0 Å². The smallest absolute Gasteiger partial charge is 0.172 e. The Labute approximate surface area is 136 Å². The summed E-state index contributed by atoms with van der Waals surface area (Å²) in [5.41, 5.74) is 6.89. The summed E-state index contributed by atoms with van der Waals surface area (Å²) in [6.07, 6.45) is 1.23. The molecule has 0 amide bonds. The minimum atomic E-state index is -3.23. The molecule has 1 heterocycles. The van der Waals surface area contributed by atoms with Crippen molar-refractivity contribution in [1.82, 2.24) is 0 Å². The maximum atomic E-state index is 12.0. The van der Waals surface area contributed by atoms with Crippen molar-refractivity contribution in [3.63, 3.8) is 0 Å². The molecule has 1 atom stereocenters. The Balaban J connectivity index is 2.53. The van der Waals surface area contributed by atoms with Crippen LogP contribution in [-0.2, 0) is 9.84 Å². The zero-order valence-electron chi connectivity index (χ0n) is 11.4. The van der Waals surface area contributed by atoms with E-state index in [1.807, 2.05) is 11.0 Å². The van der Waals surface area contributed by atoms with Crippen molar-refractivity contribution in [2.24, 2.45) is 10.9 Å². The first-order chi connectivity index (χ1) is 9.84. The second kappa shape index (κ2) is 6.45. The van der Waals surface area contributed by atoms with Gasteiger partial charge in [-0.25, -0.2) is 8.42 Å². The van der Waals surface area contributed by atoms with E-state index in [2.05, 4.69) is 21.1 Å². The van der Waals surface area contributed by atoms with E-state index in [0.717, 1.165) is 10.2 Å². The minimum absolute atomic E-state index is 0.0447. The molecule has 9 heteroatoms. The van der Waals surface area contributed by atoms with Crippen molar-refractivity contribution in [1.29, 1.82) is 0 Å². The van der Waals surface area contributed by atoms with E-state index in [-0.39, 0.29) is 5.84 Å². The van der Waals surface area contributed by atoms with Gasteiger partial charge >= 0.3 is 0 Å². The molecule has 2 rings (SSSR count). The molecule has 1 aromatic rings. The third-order valence-corrected chi connectivity index (χ3v) is 6.37. The number of rotatable bonds is 3. The van der Waals surface area contributed by atoms with Crippen molar-refractivity contribution in [3.05, 3.63) is 28.2 Å². The van der Waals surface area contributed by atoms with E-state index in [4.69, 9.17) is 10.9 Å². The van der Waals surface area contributed by atoms with Gasteiger partial charge in [-0.1, -0.05) is 21.1 Å². The van der Waals surface area contributed by atoms with Crippen molar-refractivity contribution in [2.75, 3.05) is 29.2 Å². The first-order valence-electron chi connectivity index (χ1n) is 6.15. The van der Waals surface area contributed by atoms with E-state index in [1.165, 1.54) is 6.26 Å². The molecule has 0 aromatic heterocycles. The van der Waals surface area contributed by atoms with Crippen LogP contribution in [0, 0.1) is 0 Å². The summed E-state index contributed by atoms with van der Waals surface area (Å²) in [5.74, 6) is 1.29. The van der Waals surface area contributed by atoms with Crippen molar-refractivity contribution in [3.8, 4) is 0 Å². The van der Waals surface area contributed by atoms with Crippen LogP contribution in [0.3, 0.4) is 0 Å². The van der Waals surface area contributed by atoms with Gasteiger partial charge in [0.05, 0.1) is 0 Å². The average Bonchev–Trinajstić information content (AvgIpc) is 2.45. The Kier molecular flexibility index (Phi) is 5.05. The third kappa shape index (κ3) is 3.64. The normalized spacial score (nSPS) is 20.6. The molecule has 116 valence electrons. The standard InChI is InChI=1S/C12H16BrN3O3S2/c1-21(18,19)11-7-20-5-4-16(11)10-3-2-8(13)6-9(10)12(14)15-17/h2-3,6,11,17H,4-5,7H2,1H3,(H2,14,15). The lowest BCUT2D eigenvalue weighted by Crippen LogP contribution is -2.47. The second-order valence-corrected chi connectivity index (χ2v) is 8.97. The summed E-state index contributed by atoms with van der Waals surface area (Å²) < 4.78 is 24.8. The molecule has 0 bridgehead atoms. The van der Waals surface area contributed by atoms with Gasteiger partial charge in [0.2, 0.25) is 0 Å². The second-order valence-electron chi connectivity index (χ2n) is 4.70. The minimum Gasteiger partial charge on any atom is -0.409 e. The number of oxime groups is 1. The number of nitrogens with two attached hydrogens (primary N) is 1. The van der Waals surface area contributed by atoms with Gasteiger partial charge in [-0.15, -0.1) is 0 Å². The molecule has 0 aliphatic carbocycles. The molecular formula is C12H16BrN3O3S2.